The predicted molar refractivity (Wildman–Crippen MR) is 56.1 cm³/mol. The zero-order valence-electron chi connectivity index (χ0n) is 7.25. The fraction of sp³-hybridized carbons (Fsp3) is 0.667. The summed E-state index contributed by atoms with van der Waals surface area (Å²) >= 11 is 0. The molecule has 0 aliphatic carbocycles. The molecule has 0 aromatic heterocycles. The van der Waals surface area contributed by atoms with Crippen LogP contribution in [0.2, 0.25) is 0 Å². The lowest BCUT2D eigenvalue weighted by Gasteiger charge is -2.12. The molecule has 0 fully saturated rings. The van der Waals surface area contributed by atoms with Crippen LogP contribution in [0.25, 0.3) is 0 Å². The van der Waals surface area contributed by atoms with Gasteiger partial charge in [-0.05, 0) is 0 Å². The van der Waals surface area contributed by atoms with E-state index < -0.39 is 22.4 Å². The Morgan fingerprint density at radius 3 is 1.43 bits per heavy atom. The van der Waals surface area contributed by atoms with E-state index in [0.717, 1.165) is 21.6 Å². The number of carboxylic acids is 2. The smallest absolute Gasteiger partial charge is 0.318 e. The maximum Gasteiger partial charge on any atom is 0.318 e. The van der Waals surface area contributed by atoms with Gasteiger partial charge in [-0.3, -0.25) is 9.59 Å². The van der Waals surface area contributed by atoms with Gasteiger partial charge in [0.25, 0.3) is 0 Å². The Kier molecular flexibility index (Phi) is 6.71. The second-order valence-electron chi connectivity index (χ2n) is 2.32. The van der Waals surface area contributed by atoms with Gasteiger partial charge >= 0.3 is 11.9 Å². The maximum absolute atomic E-state index is 10.5. The lowest BCUT2D eigenvalue weighted by Crippen LogP contribution is -2.28. The minimum Gasteiger partial charge on any atom is -0.480 e. The third-order valence-corrected chi connectivity index (χ3v) is 4.36. The molecule has 0 heterocycles. The number of carbonyl (C=O) groups is 2. The molecule has 0 bridgehead atoms. The summed E-state index contributed by atoms with van der Waals surface area (Å²) in [6, 6.07) is 0. The Morgan fingerprint density at radius 2 is 1.29 bits per heavy atom. The summed E-state index contributed by atoms with van der Waals surface area (Å²) < 4.78 is 0. The Morgan fingerprint density at radius 1 is 1.00 bits per heavy atom. The van der Waals surface area contributed by atoms with E-state index in [9.17, 15) is 9.59 Å². The summed E-state index contributed by atoms with van der Waals surface area (Å²) in [5, 5.41) is 15.6. The average molecular weight is 240 g/mol. The topological polar surface area (TPSA) is 127 Å². The van der Waals surface area contributed by atoms with Gasteiger partial charge in [-0.2, -0.15) is 0 Å². The van der Waals surface area contributed by atoms with E-state index in [-0.39, 0.29) is 13.1 Å². The zero-order valence-corrected chi connectivity index (χ0v) is 8.88. The largest absolute Gasteiger partial charge is 0.480 e. The monoisotopic (exact) mass is 240 g/mol. The predicted octanol–water partition coefficient (Wildman–Crippen LogP) is -0.808. The molecule has 0 amide bonds. The summed E-state index contributed by atoms with van der Waals surface area (Å²) in [6.45, 7) is -0.0756. The maximum atomic E-state index is 10.5. The Bertz CT molecular complexity index is 192. The lowest BCUT2D eigenvalue weighted by atomic mass is 10.4. The SMILES string of the molecule is NC[C@H](SS[C@@H](CN)C(=O)O)C(=O)O. The van der Waals surface area contributed by atoms with Gasteiger partial charge in [0.2, 0.25) is 0 Å². The van der Waals surface area contributed by atoms with Crippen LogP contribution in [0.1, 0.15) is 0 Å². The van der Waals surface area contributed by atoms with Gasteiger partial charge in [-0.25, -0.2) is 0 Å². The first kappa shape index (κ1) is 13.6. The molecule has 0 saturated heterocycles. The fourth-order valence-corrected chi connectivity index (χ4v) is 2.86. The van der Waals surface area contributed by atoms with Gasteiger partial charge in [0.15, 0.2) is 0 Å². The Balaban J connectivity index is 4.00. The highest BCUT2D eigenvalue weighted by molar-refractivity contribution is 8.77. The molecule has 0 saturated carbocycles. The zero-order chi connectivity index (χ0) is 11.1. The summed E-state index contributed by atoms with van der Waals surface area (Å²) in [7, 11) is 1.84. The summed E-state index contributed by atoms with van der Waals surface area (Å²) in [5.41, 5.74) is 10.4. The molecule has 0 unspecified atom stereocenters. The molecule has 0 spiro atoms. The number of aliphatic carboxylic acids is 2. The number of hydrogen-bond acceptors (Lipinski definition) is 6. The van der Waals surface area contributed by atoms with Crippen molar-refractivity contribution < 1.29 is 19.8 Å². The highest BCUT2D eigenvalue weighted by Gasteiger charge is 2.22. The first-order valence-corrected chi connectivity index (χ1v) is 5.98. The van der Waals surface area contributed by atoms with Crippen LogP contribution in [0.4, 0.5) is 0 Å². The van der Waals surface area contributed by atoms with E-state index >= 15 is 0 Å². The van der Waals surface area contributed by atoms with Crippen molar-refractivity contribution in [1.29, 1.82) is 0 Å². The van der Waals surface area contributed by atoms with Gasteiger partial charge < -0.3 is 21.7 Å². The summed E-state index contributed by atoms with van der Waals surface area (Å²) in [5.74, 6) is -2.10. The van der Waals surface area contributed by atoms with Crippen LogP contribution in [-0.2, 0) is 9.59 Å². The first-order valence-electron chi connectivity index (χ1n) is 3.70. The lowest BCUT2D eigenvalue weighted by molar-refractivity contribution is -0.137. The van der Waals surface area contributed by atoms with Gasteiger partial charge in [0.05, 0.1) is 0 Å². The van der Waals surface area contributed by atoms with E-state index in [2.05, 4.69) is 0 Å². The number of carboxylic acid groups (broad SMARTS) is 2. The normalized spacial score (nSPS) is 14.7. The third-order valence-electron chi connectivity index (χ3n) is 1.27. The van der Waals surface area contributed by atoms with Crippen LogP contribution in [0.3, 0.4) is 0 Å². The molecule has 6 nitrogen and oxygen atoms in total. The van der Waals surface area contributed by atoms with E-state index in [1.807, 2.05) is 0 Å². The Labute approximate surface area is 88.8 Å². The van der Waals surface area contributed by atoms with E-state index in [4.69, 9.17) is 21.7 Å². The van der Waals surface area contributed by atoms with Crippen molar-refractivity contribution in [3.8, 4) is 0 Å². The van der Waals surface area contributed by atoms with Gasteiger partial charge in [0, 0.05) is 13.1 Å². The van der Waals surface area contributed by atoms with Crippen molar-refractivity contribution >= 4 is 33.5 Å². The van der Waals surface area contributed by atoms with Crippen LogP contribution in [0.5, 0.6) is 0 Å². The second kappa shape index (κ2) is 6.93. The third kappa shape index (κ3) is 4.70. The van der Waals surface area contributed by atoms with Crippen molar-refractivity contribution in [2.24, 2.45) is 11.5 Å². The molecule has 82 valence electrons. The summed E-state index contributed by atoms with van der Waals surface area (Å²) in [6.07, 6.45) is 0. The van der Waals surface area contributed by atoms with Crippen LogP contribution >= 0.6 is 21.6 Å². The van der Waals surface area contributed by atoms with Gasteiger partial charge in [-0.15, -0.1) is 0 Å². The molecule has 0 radical (unpaired) electrons. The van der Waals surface area contributed by atoms with Crippen LogP contribution in [-0.4, -0.2) is 45.7 Å². The van der Waals surface area contributed by atoms with Crippen LogP contribution in [0, 0.1) is 0 Å². The van der Waals surface area contributed by atoms with Crippen molar-refractivity contribution in [3.05, 3.63) is 0 Å². The first-order chi connectivity index (χ1) is 6.52. The standard InChI is InChI=1S/C6H12N2O4S2/c7-1-3(5(9)10)13-14-4(2-8)6(11)12/h3-4H,1-2,7-8H2,(H,9,10)(H,11,12)/t3-,4-/m0/s1. The molecule has 2 atom stereocenters. The highest BCUT2D eigenvalue weighted by Crippen LogP contribution is 2.30. The molecule has 6 N–H and O–H groups in total. The summed E-state index contributed by atoms with van der Waals surface area (Å²) in [4.78, 5) is 21.0. The van der Waals surface area contributed by atoms with Crippen molar-refractivity contribution in [2.75, 3.05) is 13.1 Å². The molecular formula is C6H12N2O4S2. The molecule has 8 heteroatoms. The van der Waals surface area contributed by atoms with Crippen LogP contribution < -0.4 is 11.5 Å². The highest BCUT2D eigenvalue weighted by atomic mass is 33.1. The fourth-order valence-electron chi connectivity index (χ4n) is 0.497. The molecular weight excluding hydrogens is 228 g/mol. The minimum absolute atomic E-state index is 0.0378. The number of nitrogens with two attached hydrogens (primary N) is 2. The van der Waals surface area contributed by atoms with E-state index in [0.29, 0.717) is 0 Å². The second-order valence-corrected chi connectivity index (χ2v) is 5.00. The van der Waals surface area contributed by atoms with Gasteiger partial charge in [-0.1, -0.05) is 21.6 Å². The minimum atomic E-state index is -1.05. The number of hydrogen-bond donors (Lipinski definition) is 4. The Hall–Kier alpha value is -0.440. The molecule has 0 aliphatic rings. The molecule has 14 heavy (non-hydrogen) atoms. The van der Waals surface area contributed by atoms with Gasteiger partial charge in [0.1, 0.15) is 10.5 Å². The van der Waals surface area contributed by atoms with Crippen molar-refractivity contribution in [1.82, 2.24) is 0 Å². The van der Waals surface area contributed by atoms with Crippen molar-refractivity contribution in [3.63, 3.8) is 0 Å². The molecule has 0 rings (SSSR count). The van der Waals surface area contributed by atoms with E-state index in [1.54, 1.807) is 0 Å². The molecule has 0 aromatic carbocycles. The van der Waals surface area contributed by atoms with Crippen LogP contribution in [0.15, 0.2) is 0 Å². The quantitative estimate of drug-likeness (QED) is 0.426. The molecule has 0 aliphatic heterocycles. The molecule has 0 aromatic rings. The van der Waals surface area contributed by atoms with E-state index in [1.165, 1.54) is 0 Å². The average Bonchev–Trinajstić information content (AvgIpc) is 2.11. The number of rotatable bonds is 7. The van der Waals surface area contributed by atoms with Crippen molar-refractivity contribution in [2.45, 2.75) is 10.5 Å².